The van der Waals surface area contributed by atoms with Gasteiger partial charge in [-0.25, -0.2) is 9.97 Å². The molecule has 1 saturated heterocycles. The molecule has 1 aliphatic heterocycles. The molecule has 0 aliphatic carbocycles. The second-order valence-corrected chi connectivity index (χ2v) is 7.23. The third-order valence-electron chi connectivity index (χ3n) is 5.27. The SMILES string of the molecule is Cc1cc(N2CCN(c3ccccn3)CC2)nc(Nc2cccc(C)c2C)n1. The van der Waals surface area contributed by atoms with Gasteiger partial charge in [-0.05, 0) is 50.1 Å². The summed E-state index contributed by atoms with van der Waals surface area (Å²) in [6, 6.07) is 14.4. The Morgan fingerprint density at radius 3 is 2.29 bits per heavy atom. The average Bonchev–Trinajstić information content (AvgIpc) is 2.72. The number of pyridine rings is 1. The Hall–Kier alpha value is -3.15. The average molecular weight is 374 g/mol. The van der Waals surface area contributed by atoms with Gasteiger partial charge < -0.3 is 15.1 Å². The molecule has 144 valence electrons. The number of hydrogen-bond donors (Lipinski definition) is 1. The van der Waals surface area contributed by atoms with Gasteiger partial charge in [0.25, 0.3) is 0 Å². The van der Waals surface area contributed by atoms with Crippen molar-refractivity contribution in [2.24, 2.45) is 0 Å². The van der Waals surface area contributed by atoms with Crippen molar-refractivity contribution in [3.63, 3.8) is 0 Å². The lowest BCUT2D eigenvalue weighted by Gasteiger charge is -2.36. The largest absolute Gasteiger partial charge is 0.353 e. The maximum Gasteiger partial charge on any atom is 0.229 e. The van der Waals surface area contributed by atoms with Gasteiger partial charge in [0.15, 0.2) is 0 Å². The van der Waals surface area contributed by atoms with Crippen LogP contribution in [-0.2, 0) is 0 Å². The molecule has 0 bridgehead atoms. The number of nitrogens with one attached hydrogen (secondary N) is 1. The second-order valence-electron chi connectivity index (χ2n) is 7.23. The molecule has 0 amide bonds. The van der Waals surface area contributed by atoms with Crippen LogP contribution in [0, 0.1) is 20.8 Å². The summed E-state index contributed by atoms with van der Waals surface area (Å²) in [5.74, 6) is 2.66. The van der Waals surface area contributed by atoms with Crippen molar-refractivity contribution in [3.8, 4) is 0 Å². The van der Waals surface area contributed by atoms with Gasteiger partial charge in [0.05, 0.1) is 0 Å². The van der Waals surface area contributed by atoms with E-state index < -0.39 is 0 Å². The van der Waals surface area contributed by atoms with Crippen molar-refractivity contribution in [1.82, 2.24) is 15.0 Å². The van der Waals surface area contributed by atoms with Gasteiger partial charge in [-0.2, -0.15) is 4.98 Å². The molecular weight excluding hydrogens is 348 g/mol. The molecule has 1 aliphatic rings. The highest BCUT2D eigenvalue weighted by Gasteiger charge is 2.20. The monoisotopic (exact) mass is 374 g/mol. The van der Waals surface area contributed by atoms with E-state index in [1.165, 1.54) is 11.1 Å². The van der Waals surface area contributed by atoms with Gasteiger partial charge >= 0.3 is 0 Å². The quantitative estimate of drug-likeness (QED) is 0.748. The minimum Gasteiger partial charge on any atom is -0.353 e. The third-order valence-corrected chi connectivity index (χ3v) is 5.27. The van der Waals surface area contributed by atoms with Gasteiger partial charge in [0.1, 0.15) is 11.6 Å². The molecule has 0 atom stereocenters. The summed E-state index contributed by atoms with van der Waals surface area (Å²) in [6.07, 6.45) is 1.85. The highest BCUT2D eigenvalue weighted by molar-refractivity contribution is 5.61. The maximum absolute atomic E-state index is 4.79. The summed E-state index contributed by atoms with van der Waals surface area (Å²) >= 11 is 0. The van der Waals surface area contributed by atoms with E-state index in [0.29, 0.717) is 5.95 Å². The van der Waals surface area contributed by atoms with E-state index in [1.54, 1.807) is 0 Å². The van der Waals surface area contributed by atoms with Crippen LogP contribution >= 0.6 is 0 Å². The van der Waals surface area contributed by atoms with Crippen LogP contribution in [0.25, 0.3) is 0 Å². The van der Waals surface area contributed by atoms with Gasteiger partial charge in [-0.15, -0.1) is 0 Å². The van der Waals surface area contributed by atoms with Crippen LogP contribution < -0.4 is 15.1 Å². The molecule has 0 spiro atoms. The zero-order valence-electron chi connectivity index (χ0n) is 16.7. The van der Waals surface area contributed by atoms with Crippen LogP contribution in [0.15, 0.2) is 48.7 Å². The second kappa shape index (κ2) is 7.84. The Labute approximate surface area is 166 Å². The number of aromatic nitrogens is 3. The van der Waals surface area contributed by atoms with Crippen LogP contribution in [0.1, 0.15) is 16.8 Å². The standard InChI is InChI=1S/C22H26N6/c1-16-7-6-8-19(18(16)3)25-22-24-17(2)15-21(26-22)28-13-11-27(12-14-28)20-9-4-5-10-23-20/h4-10,15H,11-14H2,1-3H3,(H,24,25,26). The fraction of sp³-hybridized carbons (Fsp3) is 0.318. The molecule has 3 aromatic rings. The summed E-state index contributed by atoms with van der Waals surface area (Å²) in [7, 11) is 0. The van der Waals surface area contributed by atoms with Crippen molar-refractivity contribution in [3.05, 3.63) is 65.5 Å². The summed E-state index contributed by atoms with van der Waals surface area (Å²) in [5, 5.41) is 3.40. The van der Waals surface area contributed by atoms with E-state index in [-0.39, 0.29) is 0 Å². The Balaban J connectivity index is 1.49. The highest BCUT2D eigenvalue weighted by atomic mass is 15.3. The van der Waals surface area contributed by atoms with Crippen LogP contribution in [0.5, 0.6) is 0 Å². The molecule has 1 N–H and O–H groups in total. The number of benzene rings is 1. The number of nitrogens with zero attached hydrogens (tertiary/aromatic N) is 5. The molecule has 6 heteroatoms. The number of anilines is 4. The first-order valence-electron chi connectivity index (χ1n) is 9.70. The molecule has 2 aromatic heterocycles. The number of aryl methyl sites for hydroxylation is 2. The normalized spacial score (nSPS) is 14.2. The summed E-state index contributed by atoms with van der Waals surface area (Å²) in [5.41, 5.74) is 4.49. The minimum absolute atomic E-state index is 0.649. The predicted octanol–water partition coefficient (Wildman–Crippen LogP) is 3.87. The van der Waals surface area contributed by atoms with E-state index in [1.807, 2.05) is 25.3 Å². The Morgan fingerprint density at radius 2 is 1.57 bits per heavy atom. The van der Waals surface area contributed by atoms with Crippen LogP contribution in [0.3, 0.4) is 0 Å². The first-order chi connectivity index (χ1) is 13.6. The topological polar surface area (TPSA) is 57.2 Å². The number of piperazine rings is 1. The van der Waals surface area contributed by atoms with E-state index in [0.717, 1.165) is 49.2 Å². The van der Waals surface area contributed by atoms with E-state index in [9.17, 15) is 0 Å². The van der Waals surface area contributed by atoms with Gasteiger partial charge in [0.2, 0.25) is 5.95 Å². The van der Waals surface area contributed by atoms with Crippen LogP contribution in [0.4, 0.5) is 23.3 Å². The lowest BCUT2D eigenvalue weighted by molar-refractivity contribution is 0.641. The molecule has 3 heterocycles. The lowest BCUT2D eigenvalue weighted by Crippen LogP contribution is -2.47. The van der Waals surface area contributed by atoms with Crippen LogP contribution in [-0.4, -0.2) is 41.1 Å². The fourth-order valence-electron chi connectivity index (χ4n) is 3.48. The molecule has 0 saturated carbocycles. The zero-order chi connectivity index (χ0) is 19.5. The molecular formula is C22H26N6. The Kier molecular flexibility index (Phi) is 5.10. The molecule has 1 aromatic carbocycles. The van der Waals surface area contributed by atoms with E-state index in [2.05, 4.69) is 69.3 Å². The first-order valence-corrected chi connectivity index (χ1v) is 9.70. The van der Waals surface area contributed by atoms with Crippen molar-refractivity contribution in [2.75, 3.05) is 41.3 Å². The van der Waals surface area contributed by atoms with E-state index in [4.69, 9.17) is 4.98 Å². The van der Waals surface area contributed by atoms with Crippen LogP contribution in [0.2, 0.25) is 0 Å². The predicted molar refractivity (Wildman–Crippen MR) is 115 cm³/mol. The fourth-order valence-corrected chi connectivity index (χ4v) is 3.48. The number of hydrogen-bond acceptors (Lipinski definition) is 6. The highest BCUT2D eigenvalue weighted by Crippen LogP contribution is 2.24. The molecule has 0 radical (unpaired) electrons. The zero-order valence-corrected chi connectivity index (χ0v) is 16.7. The number of rotatable bonds is 4. The summed E-state index contributed by atoms with van der Waals surface area (Å²) in [6.45, 7) is 9.93. The third kappa shape index (κ3) is 3.91. The van der Waals surface area contributed by atoms with Crippen molar-refractivity contribution < 1.29 is 0 Å². The minimum atomic E-state index is 0.649. The first kappa shape index (κ1) is 18.2. The van der Waals surface area contributed by atoms with Crippen molar-refractivity contribution in [1.29, 1.82) is 0 Å². The smallest absolute Gasteiger partial charge is 0.229 e. The molecule has 4 rings (SSSR count). The summed E-state index contributed by atoms with van der Waals surface area (Å²) in [4.78, 5) is 18.5. The van der Waals surface area contributed by atoms with Gasteiger partial charge in [-0.3, -0.25) is 0 Å². The lowest BCUT2D eigenvalue weighted by atomic mass is 10.1. The van der Waals surface area contributed by atoms with Gasteiger partial charge in [-0.1, -0.05) is 18.2 Å². The Morgan fingerprint density at radius 1 is 0.821 bits per heavy atom. The van der Waals surface area contributed by atoms with E-state index >= 15 is 0 Å². The molecule has 28 heavy (non-hydrogen) atoms. The molecule has 6 nitrogen and oxygen atoms in total. The van der Waals surface area contributed by atoms with Crippen molar-refractivity contribution in [2.45, 2.75) is 20.8 Å². The molecule has 1 fully saturated rings. The Bertz CT molecular complexity index is 948. The van der Waals surface area contributed by atoms with Gasteiger partial charge in [0, 0.05) is 49.8 Å². The molecule has 0 unspecified atom stereocenters. The maximum atomic E-state index is 4.79. The van der Waals surface area contributed by atoms with Crippen molar-refractivity contribution >= 4 is 23.3 Å². The summed E-state index contributed by atoms with van der Waals surface area (Å²) < 4.78 is 0.